The molecule has 4 atom stereocenters. The minimum atomic E-state index is -2.41. The molecular formula is C41H48F5N3O7. The molecule has 304 valence electrons. The lowest BCUT2D eigenvalue weighted by Crippen LogP contribution is -2.62. The van der Waals surface area contributed by atoms with Gasteiger partial charge in [0.1, 0.15) is 18.2 Å². The average Bonchev–Trinajstić information content (AvgIpc) is 3.50. The van der Waals surface area contributed by atoms with Gasteiger partial charge in [-0.1, -0.05) is 82.6 Å². The minimum absolute atomic E-state index is 0.0273. The van der Waals surface area contributed by atoms with Crippen molar-refractivity contribution in [2.75, 3.05) is 27.8 Å². The first-order valence-electron chi connectivity index (χ1n) is 18.2. The van der Waals surface area contributed by atoms with Crippen molar-refractivity contribution in [1.29, 1.82) is 0 Å². The molecule has 1 aliphatic carbocycles. The van der Waals surface area contributed by atoms with E-state index in [-0.39, 0.29) is 18.4 Å². The van der Waals surface area contributed by atoms with Crippen molar-refractivity contribution in [3.05, 3.63) is 88.7 Å². The maximum Gasteiger partial charge on any atom is 0.410 e. The van der Waals surface area contributed by atoms with Crippen LogP contribution in [0.3, 0.4) is 0 Å². The van der Waals surface area contributed by atoms with Crippen molar-refractivity contribution in [3.8, 4) is 16.9 Å². The zero-order chi connectivity index (χ0) is 41.8. The molecule has 1 aliphatic rings. The van der Waals surface area contributed by atoms with Crippen LogP contribution in [-0.4, -0.2) is 85.2 Å². The molecule has 0 unspecified atom stereocenters. The van der Waals surface area contributed by atoms with E-state index >= 15 is 0 Å². The molecule has 0 saturated carbocycles. The smallest absolute Gasteiger partial charge is 0.410 e. The maximum atomic E-state index is 14.3. The number of halogens is 5. The summed E-state index contributed by atoms with van der Waals surface area (Å²) >= 11 is 0. The molecule has 0 bridgehead atoms. The summed E-state index contributed by atoms with van der Waals surface area (Å²) in [4.78, 5) is 56.8. The van der Waals surface area contributed by atoms with E-state index in [2.05, 4.69) is 10.1 Å². The van der Waals surface area contributed by atoms with Crippen LogP contribution in [0.25, 0.3) is 11.1 Å². The highest BCUT2D eigenvalue weighted by molar-refractivity contribution is 5.93. The second-order valence-electron chi connectivity index (χ2n) is 14.8. The largest absolute Gasteiger partial charge is 0.448 e. The van der Waals surface area contributed by atoms with E-state index in [0.29, 0.717) is 6.42 Å². The van der Waals surface area contributed by atoms with Gasteiger partial charge >= 0.3 is 12.1 Å². The first-order valence-corrected chi connectivity index (χ1v) is 18.2. The standard InChI is InChI=1S/C41H48F5N3O7/c1-10-22(4)36(28(54-9)19-29(50)56-37-33(45)31(43)30(42)32(44)34(37)46)48(7)38(51)35(21(2)3)47-39(52)41(5,6)49(8)40(53)55-20-27-25-17-13-11-15-23(25)24-16-12-14-18-26(24)27/h11-18,21-22,27-28,35-36H,10,19-20H2,1-9H3,(H,47,52)/t22-,28+,35-,36-/m0/s1. The monoisotopic (exact) mass is 789 g/mol. The average molecular weight is 790 g/mol. The number of carbonyl (C=O) groups is 4. The molecule has 0 fully saturated rings. The van der Waals surface area contributed by atoms with E-state index in [4.69, 9.17) is 9.47 Å². The van der Waals surface area contributed by atoms with E-state index < -0.39 is 94.8 Å². The van der Waals surface area contributed by atoms with Gasteiger partial charge in [-0.3, -0.25) is 19.3 Å². The van der Waals surface area contributed by atoms with Crippen molar-refractivity contribution in [3.63, 3.8) is 0 Å². The van der Waals surface area contributed by atoms with Gasteiger partial charge in [0.2, 0.25) is 46.6 Å². The fourth-order valence-electron chi connectivity index (χ4n) is 6.85. The first-order chi connectivity index (χ1) is 26.3. The Morgan fingerprint density at radius 2 is 1.32 bits per heavy atom. The van der Waals surface area contributed by atoms with Crippen LogP contribution >= 0.6 is 0 Å². The number of hydrogen-bond donors (Lipinski definition) is 1. The van der Waals surface area contributed by atoms with Crippen molar-refractivity contribution < 1.29 is 55.3 Å². The third kappa shape index (κ3) is 8.67. The van der Waals surface area contributed by atoms with Crippen LogP contribution in [-0.2, 0) is 23.9 Å². The molecule has 0 saturated heterocycles. The Hall–Kier alpha value is -5.05. The molecule has 3 aromatic carbocycles. The number of likely N-dealkylation sites (N-methyl/N-ethyl adjacent to an activating group) is 2. The summed E-state index contributed by atoms with van der Waals surface area (Å²) < 4.78 is 85.5. The molecule has 15 heteroatoms. The van der Waals surface area contributed by atoms with E-state index in [9.17, 15) is 41.1 Å². The van der Waals surface area contributed by atoms with Crippen LogP contribution in [0.5, 0.6) is 5.75 Å². The van der Waals surface area contributed by atoms with E-state index in [1.807, 2.05) is 48.5 Å². The van der Waals surface area contributed by atoms with E-state index in [1.165, 1.54) is 40.0 Å². The zero-order valence-electron chi connectivity index (χ0n) is 32.8. The fraction of sp³-hybridized carbons (Fsp3) is 0.463. The van der Waals surface area contributed by atoms with Gasteiger partial charge in [-0.25, -0.2) is 18.0 Å². The number of benzene rings is 3. The first kappa shape index (κ1) is 43.7. The van der Waals surface area contributed by atoms with Crippen molar-refractivity contribution in [2.45, 2.75) is 84.0 Å². The molecule has 0 spiro atoms. The van der Waals surface area contributed by atoms with Gasteiger partial charge in [0.25, 0.3) is 0 Å². The van der Waals surface area contributed by atoms with Crippen LogP contribution in [0.15, 0.2) is 48.5 Å². The summed E-state index contributed by atoms with van der Waals surface area (Å²) in [7, 11) is 4.06. The maximum absolute atomic E-state index is 14.3. The van der Waals surface area contributed by atoms with Crippen LogP contribution in [0, 0.1) is 40.9 Å². The second-order valence-corrected chi connectivity index (χ2v) is 14.8. The quantitative estimate of drug-likeness (QED) is 0.0563. The molecule has 0 aromatic heterocycles. The number of esters is 1. The number of nitrogens with one attached hydrogen (secondary N) is 1. The molecule has 3 amide bonds. The van der Waals surface area contributed by atoms with Crippen LogP contribution in [0.2, 0.25) is 0 Å². The predicted octanol–water partition coefficient (Wildman–Crippen LogP) is 7.37. The topological polar surface area (TPSA) is 114 Å². The Kier molecular flexibility index (Phi) is 13.9. The summed E-state index contributed by atoms with van der Waals surface area (Å²) in [5.41, 5.74) is 2.65. The summed E-state index contributed by atoms with van der Waals surface area (Å²) in [6.45, 7) is 10.0. The fourth-order valence-corrected chi connectivity index (χ4v) is 6.85. The lowest BCUT2D eigenvalue weighted by atomic mass is 9.90. The molecule has 4 rings (SSSR count). The highest BCUT2D eigenvalue weighted by atomic mass is 19.2. The summed E-state index contributed by atoms with van der Waals surface area (Å²) in [6.07, 6.45) is -2.24. The molecule has 1 N–H and O–H groups in total. The zero-order valence-corrected chi connectivity index (χ0v) is 32.8. The number of amides is 3. The number of methoxy groups -OCH3 is 1. The van der Waals surface area contributed by atoms with Gasteiger partial charge in [-0.2, -0.15) is 8.78 Å². The number of fused-ring (bicyclic) bond motifs is 3. The molecule has 3 aromatic rings. The Balaban J connectivity index is 1.47. The SMILES string of the molecule is CC[C@H](C)[C@@H]([C@@H](CC(=O)Oc1c(F)c(F)c(F)c(F)c1F)OC)N(C)C(=O)[C@@H](NC(=O)C(C)(C)N(C)C(=O)OCC1c2ccccc2-c2ccccc21)C(C)C. The summed E-state index contributed by atoms with van der Waals surface area (Å²) in [5.74, 6) is -17.1. The molecule has 10 nitrogen and oxygen atoms in total. The van der Waals surface area contributed by atoms with Crippen LogP contribution in [0.1, 0.15) is 71.4 Å². The Labute approximate surface area is 323 Å². The van der Waals surface area contributed by atoms with Gasteiger partial charge in [0.05, 0.1) is 18.6 Å². The van der Waals surface area contributed by atoms with E-state index in [1.54, 1.807) is 27.7 Å². The molecule has 56 heavy (non-hydrogen) atoms. The summed E-state index contributed by atoms with van der Waals surface area (Å²) in [6, 6.07) is 13.7. The molecule has 0 aliphatic heterocycles. The lowest BCUT2D eigenvalue weighted by molar-refractivity contribution is -0.147. The van der Waals surface area contributed by atoms with Crippen LogP contribution < -0.4 is 10.1 Å². The van der Waals surface area contributed by atoms with Gasteiger partial charge in [-0.15, -0.1) is 0 Å². The number of rotatable bonds is 15. The van der Waals surface area contributed by atoms with Crippen LogP contribution in [0.4, 0.5) is 26.7 Å². The molecular weight excluding hydrogens is 741 g/mol. The number of nitrogens with zero attached hydrogens (tertiary/aromatic N) is 2. The van der Waals surface area contributed by atoms with E-state index in [0.717, 1.165) is 27.2 Å². The number of hydrogen-bond acceptors (Lipinski definition) is 7. The number of carbonyl (C=O) groups excluding carboxylic acids is 4. The Morgan fingerprint density at radius 3 is 1.80 bits per heavy atom. The second kappa shape index (κ2) is 17.8. The number of ether oxygens (including phenoxy) is 3. The third-order valence-corrected chi connectivity index (χ3v) is 10.7. The predicted molar refractivity (Wildman–Crippen MR) is 197 cm³/mol. The Bertz CT molecular complexity index is 1880. The lowest BCUT2D eigenvalue weighted by Gasteiger charge is -2.40. The highest BCUT2D eigenvalue weighted by Gasteiger charge is 2.42. The van der Waals surface area contributed by atoms with Crippen molar-refractivity contribution in [1.82, 2.24) is 15.1 Å². The van der Waals surface area contributed by atoms with Gasteiger partial charge in [0, 0.05) is 27.1 Å². The normalized spacial score (nSPS) is 14.6. The van der Waals surface area contributed by atoms with Crippen molar-refractivity contribution in [2.24, 2.45) is 11.8 Å². The minimum Gasteiger partial charge on any atom is -0.448 e. The third-order valence-electron chi connectivity index (χ3n) is 10.7. The highest BCUT2D eigenvalue weighted by Crippen LogP contribution is 2.44. The van der Waals surface area contributed by atoms with Gasteiger partial charge < -0.3 is 24.4 Å². The molecule has 0 radical (unpaired) electrons. The van der Waals surface area contributed by atoms with Crippen molar-refractivity contribution >= 4 is 23.9 Å². The Morgan fingerprint density at radius 1 is 0.821 bits per heavy atom. The summed E-state index contributed by atoms with van der Waals surface area (Å²) in [5, 5.41) is 2.77. The molecule has 0 heterocycles. The van der Waals surface area contributed by atoms with Gasteiger partial charge in [0.15, 0.2) is 0 Å². The van der Waals surface area contributed by atoms with Gasteiger partial charge in [-0.05, 0) is 47.9 Å².